The number of hydrogen-bond acceptors (Lipinski definition) is 5. The Labute approximate surface area is 122 Å². The second-order valence-corrected chi connectivity index (χ2v) is 6.03. The molecule has 2 aromatic rings. The van der Waals surface area contributed by atoms with E-state index in [0.29, 0.717) is 24.2 Å². The van der Waals surface area contributed by atoms with Crippen LogP contribution >= 0.6 is 11.3 Å². The number of aliphatic hydroxyl groups is 2. The summed E-state index contributed by atoms with van der Waals surface area (Å²) in [7, 11) is 0. The summed E-state index contributed by atoms with van der Waals surface area (Å²) in [6.45, 7) is 2.07. The van der Waals surface area contributed by atoms with Crippen LogP contribution in [0.5, 0.6) is 0 Å². The molecule has 20 heavy (non-hydrogen) atoms. The van der Waals surface area contributed by atoms with Crippen molar-refractivity contribution in [1.82, 2.24) is 0 Å². The van der Waals surface area contributed by atoms with Crippen molar-refractivity contribution in [3.8, 4) is 10.4 Å². The Hall–Kier alpha value is -1.56. The Balaban J connectivity index is 2.60. The van der Waals surface area contributed by atoms with Gasteiger partial charge in [-0.3, -0.25) is 0 Å². The first-order valence-electron chi connectivity index (χ1n) is 6.56. The van der Waals surface area contributed by atoms with Gasteiger partial charge in [-0.2, -0.15) is 0 Å². The Morgan fingerprint density at radius 2 is 1.70 bits per heavy atom. The molecule has 0 atom stereocenters. The van der Waals surface area contributed by atoms with Crippen molar-refractivity contribution in [1.29, 1.82) is 0 Å². The lowest BCUT2D eigenvalue weighted by atomic mass is 9.94. The summed E-state index contributed by atoms with van der Waals surface area (Å²) in [5.41, 5.74) is 16.3. The van der Waals surface area contributed by atoms with E-state index >= 15 is 0 Å². The molecule has 6 N–H and O–H groups in total. The number of aliphatic hydroxyl groups excluding tert-OH is 2. The molecule has 0 unspecified atom stereocenters. The van der Waals surface area contributed by atoms with E-state index in [-0.39, 0.29) is 13.2 Å². The van der Waals surface area contributed by atoms with E-state index in [9.17, 15) is 5.11 Å². The van der Waals surface area contributed by atoms with Crippen molar-refractivity contribution in [2.24, 2.45) is 0 Å². The van der Waals surface area contributed by atoms with E-state index in [0.717, 1.165) is 21.6 Å². The van der Waals surface area contributed by atoms with Gasteiger partial charge in [-0.25, -0.2) is 0 Å². The largest absolute Gasteiger partial charge is 0.398 e. The molecule has 0 aliphatic carbocycles. The maximum atomic E-state index is 9.24. The number of anilines is 2. The highest BCUT2D eigenvalue weighted by Crippen LogP contribution is 2.38. The van der Waals surface area contributed by atoms with Crippen LogP contribution in [0, 0.1) is 6.92 Å². The maximum Gasteiger partial charge on any atom is 0.0472 e. The number of nitrogen functional groups attached to an aromatic ring is 2. The third-order valence-electron chi connectivity index (χ3n) is 3.36. The van der Waals surface area contributed by atoms with Crippen molar-refractivity contribution in [3.63, 3.8) is 0 Å². The molecule has 0 saturated carbocycles. The van der Waals surface area contributed by atoms with Crippen molar-refractivity contribution >= 4 is 22.7 Å². The monoisotopic (exact) mass is 292 g/mol. The molecule has 108 valence electrons. The second kappa shape index (κ2) is 6.26. The fourth-order valence-electron chi connectivity index (χ4n) is 2.41. The van der Waals surface area contributed by atoms with Gasteiger partial charge in [-0.15, -0.1) is 11.3 Å². The second-order valence-electron chi connectivity index (χ2n) is 4.74. The van der Waals surface area contributed by atoms with Crippen LogP contribution in [0.25, 0.3) is 10.4 Å². The quantitative estimate of drug-likeness (QED) is 0.634. The van der Waals surface area contributed by atoms with Gasteiger partial charge in [-0.1, -0.05) is 0 Å². The highest BCUT2D eigenvalue weighted by Gasteiger charge is 2.16. The minimum atomic E-state index is 0.00892. The third kappa shape index (κ3) is 2.80. The molecule has 4 nitrogen and oxygen atoms in total. The first-order valence-corrected chi connectivity index (χ1v) is 7.38. The van der Waals surface area contributed by atoms with Crippen LogP contribution in [0.15, 0.2) is 18.2 Å². The molecule has 0 bridgehead atoms. The summed E-state index contributed by atoms with van der Waals surface area (Å²) in [4.78, 5) is 2.28. The van der Waals surface area contributed by atoms with Crippen LogP contribution in [0.1, 0.15) is 16.0 Å². The lowest BCUT2D eigenvalue weighted by Gasteiger charge is -2.17. The molecule has 1 aromatic heterocycles. The van der Waals surface area contributed by atoms with Gasteiger partial charge >= 0.3 is 0 Å². The molecule has 1 heterocycles. The maximum absolute atomic E-state index is 9.24. The van der Waals surface area contributed by atoms with Crippen molar-refractivity contribution < 1.29 is 10.2 Å². The zero-order chi connectivity index (χ0) is 14.7. The number of rotatable bonds is 5. The predicted octanol–water partition coefficient (Wildman–Crippen LogP) is 1.96. The van der Waals surface area contributed by atoms with Gasteiger partial charge in [0.1, 0.15) is 0 Å². The molecule has 0 radical (unpaired) electrons. The summed E-state index contributed by atoms with van der Waals surface area (Å²) in [6.07, 6.45) is 0.901. The van der Waals surface area contributed by atoms with Gasteiger partial charge in [0, 0.05) is 39.9 Å². The van der Waals surface area contributed by atoms with Crippen LogP contribution < -0.4 is 11.5 Å². The van der Waals surface area contributed by atoms with Gasteiger partial charge in [0.15, 0.2) is 0 Å². The smallest absolute Gasteiger partial charge is 0.0472 e. The van der Waals surface area contributed by atoms with E-state index in [1.807, 2.05) is 25.1 Å². The molecule has 0 aliphatic rings. The minimum Gasteiger partial charge on any atom is -0.398 e. The molecule has 1 aromatic carbocycles. The minimum absolute atomic E-state index is 0.00892. The van der Waals surface area contributed by atoms with Crippen molar-refractivity contribution in [2.45, 2.75) is 19.8 Å². The van der Waals surface area contributed by atoms with Gasteiger partial charge in [0.05, 0.1) is 0 Å². The Kier molecular flexibility index (Phi) is 4.65. The van der Waals surface area contributed by atoms with Crippen LogP contribution in [-0.2, 0) is 12.8 Å². The molecule has 0 spiro atoms. The van der Waals surface area contributed by atoms with E-state index in [1.165, 1.54) is 4.88 Å². The predicted molar refractivity (Wildman–Crippen MR) is 84.9 cm³/mol. The Bertz CT molecular complexity index is 608. The third-order valence-corrected chi connectivity index (χ3v) is 4.39. The standard InChI is InChI=1S/C15H20N2O2S/c1-9-2-3-14(20-9)12-8-13(16)10(4-6-18)11(5-7-19)15(12)17/h2-3,8,18-19H,4-7,16-17H2,1H3. The summed E-state index contributed by atoms with van der Waals surface area (Å²) in [6, 6.07) is 5.94. The number of nitrogens with two attached hydrogens (primary N) is 2. The number of hydrogen-bond donors (Lipinski definition) is 4. The molecular weight excluding hydrogens is 272 g/mol. The topological polar surface area (TPSA) is 92.5 Å². The average Bonchev–Trinajstić information content (AvgIpc) is 2.84. The number of benzene rings is 1. The molecule has 0 saturated heterocycles. The average molecular weight is 292 g/mol. The lowest BCUT2D eigenvalue weighted by molar-refractivity contribution is 0.293. The summed E-state index contributed by atoms with van der Waals surface area (Å²) in [5, 5.41) is 18.4. The van der Waals surface area contributed by atoms with Gasteiger partial charge in [0.2, 0.25) is 0 Å². The SMILES string of the molecule is Cc1ccc(-c2cc(N)c(CCO)c(CCO)c2N)s1. The molecule has 0 aliphatic heterocycles. The summed E-state index contributed by atoms with van der Waals surface area (Å²) in [5.74, 6) is 0. The first-order chi connectivity index (χ1) is 9.58. The molecule has 0 amide bonds. The molecular formula is C15H20N2O2S. The van der Waals surface area contributed by atoms with Gasteiger partial charge < -0.3 is 21.7 Å². The van der Waals surface area contributed by atoms with E-state index in [1.54, 1.807) is 11.3 Å². The Morgan fingerprint density at radius 3 is 2.25 bits per heavy atom. The van der Waals surface area contributed by atoms with Crippen LogP contribution in [0.2, 0.25) is 0 Å². The molecule has 0 fully saturated rings. The highest BCUT2D eigenvalue weighted by atomic mass is 32.1. The summed E-state index contributed by atoms with van der Waals surface area (Å²) >= 11 is 1.66. The lowest BCUT2D eigenvalue weighted by Crippen LogP contribution is -2.09. The van der Waals surface area contributed by atoms with E-state index in [2.05, 4.69) is 0 Å². The van der Waals surface area contributed by atoms with E-state index in [4.69, 9.17) is 16.6 Å². The fraction of sp³-hybridized carbons (Fsp3) is 0.333. The fourth-order valence-corrected chi connectivity index (χ4v) is 3.31. The van der Waals surface area contributed by atoms with Crippen LogP contribution in [0.3, 0.4) is 0 Å². The normalized spacial score (nSPS) is 10.9. The van der Waals surface area contributed by atoms with Crippen LogP contribution in [-0.4, -0.2) is 23.4 Å². The van der Waals surface area contributed by atoms with Crippen molar-refractivity contribution in [2.75, 3.05) is 24.7 Å². The van der Waals surface area contributed by atoms with Gasteiger partial charge in [0.25, 0.3) is 0 Å². The number of aryl methyl sites for hydroxylation is 1. The zero-order valence-corrected chi connectivity index (χ0v) is 12.3. The first kappa shape index (κ1) is 14.8. The summed E-state index contributed by atoms with van der Waals surface area (Å²) < 4.78 is 0. The Morgan fingerprint density at radius 1 is 1.05 bits per heavy atom. The zero-order valence-electron chi connectivity index (χ0n) is 11.5. The highest BCUT2D eigenvalue weighted by molar-refractivity contribution is 7.15. The molecule has 5 heteroatoms. The molecule has 2 rings (SSSR count). The number of thiophene rings is 1. The van der Waals surface area contributed by atoms with Crippen LogP contribution in [0.4, 0.5) is 11.4 Å². The van der Waals surface area contributed by atoms with Gasteiger partial charge in [-0.05, 0) is 49.1 Å². The van der Waals surface area contributed by atoms with E-state index < -0.39 is 0 Å². The van der Waals surface area contributed by atoms with Crippen molar-refractivity contribution in [3.05, 3.63) is 34.2 Å².